The average Bonchev–Trinajstić information content (AvgIpc) is 2.66. The van der Waals surface area contributed by atoms with E-state index in [1.165, 1.54) is 11.3 Å². The molecule has 1 saturated heterocycles. The van der Waals surface area contributed by atoms with Gasteiger partial charge in [-0.25, -0.2) is 4.39 Å². The minimum absolute atomic E-state index is 0.0876. The maximum absolute atomic E-state index is 14.5. The van der Waals surface area contributed by atoms with E-state index in [9.17, 15) is 4.39 Å². The molecule has 2 rings (SSSR count). The Morgan fingerprint density at radius 3 is 3.06 bits per heavy atom. The second-order valence-electron chi connectivity index (χ2n) is 4.23. The lowest BCUT2D eigenvalue weighted by Gasteiger charge is -2.29. The van der Waals surface area contributed by atoms with E-state index in [-0.39, 0.29) is 6.04 Å². The molecule has 1 aliphatic heterocycles. The fraction of sp³-hybridized carbons (Fsp3) is 0.636. The Bertz CT molecular complexity index is 350. The first kappa shape index (κ1) is 12.3. The van der Waals surface area contributed by atoms with Crippen molar-refractivity contribution >= 4 is 22.9 Å². The molecule has 1 N–H and O–H groups in total. The summed E-state index contributed by atoms with van der Waals surface area (Å²) < 4.78 is 20.4. The highest BCUT2D eigenvalue weighted by Crippen LogP contribution is 2.37. The third-order valence-corrected chi connectivity index (χ3v) is 4.19. The van der Waals surface area contributed by atoms with Crippen LogP contribution in [0, 0.1) is 0 Å². The summed E-state index contributed by atoms with van der Waals surface area (Å²) in [6.07, 6.45) is 0.420. The van der Waals surface area contributed by atoms with Gasteiger partial charge in [-0.2, -0.15) is 0 Å². The van der Waals surface area contributed by atoms with Crippen molar-refractivity contribution in [1.82, 2.24) is 5.32 Å². The van der Waals surface area contributed by atoms with Gasteiger partial charge in [-0.1, -0.05) is 11.6 Å². The molecular weight excluding hydrogens is 249 g/mol. The quantitative estimate of drug-likeness (QED) is 0.905. The van der Waals surface area contributed by atoms with Crippen LogP contribution in [0.25, 0.3) is 0 Å². The highest BCUT2D eigenvalue weighted by molar-refractivity contribution is 7.16. The molecule has 0 saturated carbocycles. The number of hydrogen-bond donors (Lipinski definition) is 1. The van der Waals surface area contributed by atoms with Crippen LogP contribution in [0.15, 0.2) is 12.1 Å². The van der Waals surface area contributed by atoms with Gasteiger partial charge < -0.3 is 10.1 Å². The van der Waals surface area contributed by atoms with Crippen LogP contribution in [0.5, 0.6) is 0 Å². The monoisotopic (exact) mass is 263 g/mol. The van der Waals surface area contributed by atoms with Crippen molar-refractivity contribution in [2.75, 3.05) is 19.8 Å². The number of ether oxygens (including phenoxy) is 1. The van der Waals surface area contributed by atoms with E-state index >= 15 is 0 Å². The van der Waals surface area contributed by atoms with Gasteiger partial charge in [0.1, 0.15) is 5.67 Å². The van der Waals surface area contributed by atoms with Crippen molar-refractivity contribution in [2.45, 2.75) is 25.1 Å². The number of thiophene rings is 1. The van der Waals surface area contributed by atoms with Gasteiger partial charge in [0, 0.05) is 23.9 Å². The first-order valence-electron chi connectivity index (χ1n) is 5.34. The maximum atomic E-state index is 14.5. The van der Waals surface area contributed by atoms with Crippen molar-refractivity contribution in [2.24, 2.45) is 0 Å². The SMILES string of the molecule is CC(F)(CC1COCCN1)c1ccc(Cl)s1. The van der Waals surface area contributed by atoms with Crippen LogP contribution in [-0.2, 0) is 10.4 Å². The summed E-state index contributed by atoms with van der Waals surface area (Å²) >= 11 is 7.13. The molecule has 0 amide bonds. The van der Waals surface area contributed by atoms with Crippen molar-refractivity contribution in [1.29, 1.82) is 0 Å². The number of alkyl halides is 1. The van der Waals surface area contributed by atoms with Gasteiger partial charge in [-0.3, -0.25) is 0 Å². The van der Waals surface area contributed by atoms with E-state index in [1.807, 2.05) is 0 Å². The second kappa shape index (κ2) is 5.00. The Morgan fingerprint density at radius 2 is 2.50 bits per heavy atom. The Morgan fingerprint density at radius 1 is 1.69 bits per heavy atom. The highest BCUT2D eigenvalue weighted by atomic mass is 35.5. The van der Waals surface area contributed by atoms with E-state index in [1.54, 1.807) is 19.1 Å². The van der Waals surface area contributed by atoms with Gasteiger partial charge in [0.25, 0.3) is 0 Å². The lowest BCUT2D eigenvalue weighted by atomic mass is 9.97. The number of morpholine rings is 1. The molecule has 2 heterocycles. The first-order chi connectivity index (χ1) is 7.58. The molecule has 1 aromatic heterocycles. The van der Waals surface area contributed by atoms with Crippen molar-refractivity contribution in [3.05, 3.63) is 21.3 Å². The minimum atomic E-state index is -1.34. The first-order valence-corrected chi connectivity index (χ1v) is 6.53. The largest absolute Gasteiger partial charge is 0.379 e. The van der Waals surface area contributed by atoms with Crippen LogP contribution >= 0.6 is 22.9 Å². The standard InChI is InChI=1S/C11H15ClFNOS/c1-11(13,9-2-3-10(12)16-9)6-8-7-15-5-4-14-8/h2-3,8,14H,4-7H2,1H3. The molecule has 1 aliphatic rings. The van der Waals surface area contributed by atoms with Gasteiger partial charge in [0.2, 0.25) is 0 Å². The van der Waals surface area contributed by atoms with E-state index in [2.05, 4.69) is 5.32 Å². The van der Waals surface area contributed by atoms with Crippen LogP contribution in [0.2, 0.25) is 4.34 Å². The fourth-order valence-electron chi connectivity index (χ4n) is 1.91. The summed E-state index contributed by atoms with van der Waals surface area (Å²) in [5.41, 5.74) is -1.34. The molecule has 90 valence electrons. The van der Waals surface area contributed by atoms with Crippen LogP contribution in [0.1, 0.15) is 18.2 Å². The zero-order chi connectivity index (χ0) is 11.6. The Hall–Kier alpha value is -0.160. The molecule has 1 aromatic rings. The predicted molar refractivity (Wildman–Crippen MR) is 65.0 cm³/mol. The van der Waals surface area contributed by atoms with Gasteiger partial charge >= 0.3 is 0 Å². The molecule has 16 heavy (non-hydrogen) atoms. The zero-order valence-electron chi connectivity index (χ0n) is 9.13. The summed E-state index contributed by atoms with van der Waals surface area (Å²) in [5, 5.41) is 3.26. The summed E-state index contributed by atoms with van der Waals surface area (Å²) in [4.78, 5) is 0.685. The molecule has 2 unspecified atom stereocenters. The van der Waals surface area contributed by atoms with E-state index in [0.29, 0.717) is 28.8 Å². The predicted octanol–water partition coefficient (Wildman–Crippen LogP) is 2.96. The maximum Gasteiger partial charge on any atom is 0.143 e. The third kappa shape index (κ3) is 2.94. The number of halogens is 2. The average molecular weight is 264 g/mol. The van der Waals surface area contributed by atoms with Gasteiger partial charge in [0.05, 0.1) is 17.6 Å². The van der Waals surface area contributed by atoms with Gasteiger partial charge in [-0.15, -0.1) is 11.3 Å². The van der Waals surface area contributed by atoms with Crippen molar-refractivity contribution < 1.29 is 9.13 Å². The summed E-state index contributed by atoms with van der Waals surface area (Å²) in [6.45, 7) is 3.69. The molecule has 0 bridgehead atoms. The lowest BCUT2D eigenvalue weighted by Crippen LogP contribution is -2.44. The van der Waals surface area contributed by atoms with Gasteiger partial charge in [-0.05, 0) is 19.1 Å². The number of hydrogen-bond acceptors (Lipinski definition) is 3. The lowest BCUT2D eigenvalue weighted by molar-refractivity contribution is 0.0484. The van der Waals surface area contributed by atoms with Gasteiger partial charge in [0.15, 0.2) is 0 Å². The molecule has 2 atom stereocenters. The smallest absolute Gasteiger partial charge is 0.143 e. The highest BCUT2D eigenvalue weighted by Gasteiger charge is 2.32. The van der Waals surface area contributed by atoms with Crippen LogP contribution in [-0.4, -0.2) is 25.8 Å². The number of nitrogens with one attached hydrogen (secondary N) is 1. The Labute approximate surface area is 104 Å². The van der Waals surface area contributed by atoms with Crippen LogP contribution in [0.3, 0.4) is 0 Å². The van der Waals surface area contributed by atoms with Crippen LogP contribution < -0.4 is 5.32 Å². The number of rotatable bonds is 3. The van der Waals surface area contributed by atoms with Crippen LogP contribution in [0.4, 0.5) is 4.39 Å². The molecule has 5 heteroatoms. The fourth-order valence-corrected chi connectivity index (χ4v) is 3.00. The third-order valence-electron chi connectivity index (χ3n) is 2.72. The molecule has 2 nitrogen and oxygen atoms in total. The Kier molecular flexibility index (Phi) is 3.85. The van der Waals surface area contributed by atoms with Crippen molar-refractivity contribution in [3.8, 4) is 0 Å². The summed E-state index contributed by atoms with van der Waals surface area (Å²) in [5.74, 6) is 0. The molecule has 0 aliphatic carbocycles. The minimum Gasteiger partial charge on any atom is -0.379 e. The van der Waals surface area contributed by atoms with E-state index in [0.717, 1.165) is 6.54 Å². The molecular formula is C11H15ClFNOS. The van der Waals surface area contributed by atoms with E-state index in [4.69, 9.17) is 16.3 Å². The Balaban J connectivity index is 2.01. The molecule has 1 fully saturated rings. The topological polar surface area (TPSA) is 21.3 Å². The second-order valence-corrected chi connectivity index (χ2v) is 5.95. The molecule has 0 aromatic carbocycles. The van der Waals surface area contributed by atoms with E-state index < -0.39 is 5.67 Å². The normalized spacial score (nSPS) is 25.3. The molecule has 0 radical (unpaired) electrons. The molecule has 0 spiro atoms. The zero-order valence-corrected chi connectivity index (χ0v) is 10.7. The van der Waals surface area contributed by atoms with Crippen molar-refractivity contribution in [3.63, 3.8) is 0 Å². The summed E-state index contributed by atoms with van der Waals surface area (Å²) in [6, 6.07) is 3.59. The summed E-state index contributed by atoms with van der Waals surface area (Å²) in [7, 11) is 0.